The molecule has 0 bridgehead atoms. The van der Waals surface area contributed by atoms with Gasteiger partial charge in [-0.05, 0) is 36.5 Å². The van der Waals surface area contributed by atoms with Gasteiger partial charge in [0.1, 0.15) is 0 Å². The Labute approximate surface area is 93.3 Å². The first-order chi connectivity index (χ1) is 6.74. The molecular formula is C12H15BrO. The summed E-state index contributed by atoms with van der Waals surface area (Å²) >= 11 is 3.40. The maximum atomic E-state index is 9.77. The second-order valence-electron chi connectivity index (χ2n) is 4.16. The van der Waals surface area contributed by atoms with E-state index in [1.807, 2.05) is 12.1 Å². The smallest absolute Gasteiger partial charge is 0.0583 e. The van der Waals surface area contributed by atoms with Crippen molar-refractivity contribution in [1.82, 2.24) is 0 Å². The first-order valence-corrected chi connectivity index (χ1v) is 5.96. The van der Waals surface area contributed by atoms with Crippen LogP contribution in [0.4, 0.5) is 0 Å². The fourth-order valence-electron chi connectivity index (χ4n) is 1.71. The van der Waals surface area contributed by atoms with Crippen LogP contribution in [0.5, 0.6) is 0 Å². The van der Waals surface area contributed by atoms with E-state index in [0.717, 1.165) is 23.2 Å². The highest BCUT2D eigenvalue weighted by molar-refractivity contribution is 9.10. The first-order valence-electron chi connectivity index (χ1n) is 5.16. The van der Waals surface area contributed by atoms with Gasteiger partial charge in [-0.25, -0.2) is 0 Å². The van der Waals surface area contributed by atoms with Crippen molar-refractivity contribution in [2.45, 2.75) is 31.8 Å². The third-order valence-electron chi connectivity index (χ3n) is 2.69. The van der Waals surface area contributed by atoms with Crippen LogP contribution in [0.3, 0.4) is 0 Å². The largest absolute Gasteiger partial charge is 0.393 e. The van der Waals surface area contributed by atoms with Gasteiger partial charge in [-0.3, -0.25) is 0 Å². The molecule has 0 aromatic heterocycles. The molecule has 1 atom stereocenters. The first kappa shape index (κ1) is 10.2. The van der Waals surface area contributed by atoms with Crippen molar-refractivity contribution in [1.29, 1.82) is 0 Å². The minimum atomic E-state index is -0.149. The molecule has 1 saturated carbocycles. The van der Waals surface area contributed by atoms with Crippen molar-refractivity contribution < 1.29 is 5.11 Å². The monoisotopic (exact) mass is 254 g/mol. The lowest BCUT2D eigenvalue weighted by Gasteiger charge is -2.09. The van der Waals surface area contributed by atoms with Gasteiger partial charge in [0.25, 0.3) is 0 Å². The van der Waals surface area contributed by atoms with Crippen LogP contribution < -0.4 is 0 Å². The molecule has 0 spiro atoms. The van der Waals surface area contributed by atoms with E-state index in [1.165, 1.54) is 18.4 Å². The molecule has 0 heterocycles. The highest BCUT2D eigenvalue weighted by Gasteiger charge is 2.24. The number of hydrogen-bond donors (Lipinski definition) is 1. The zero-order chi connectivity index (χ0) is 9.97. The van der Waals surface area contributed by atoms with Gasteiger partial charge in [0.2, 0.25) is 0 Å². The van der Waals surface area contributed by atoms with Crippen LogP contribution in [0.25, 0.3) is 0 Å². The molecule has 1 aliphatic rings. The summed E-state index contributed by atoms with van der Waals surface area (Å²) in [5, 5.41) is 9.77. The molecule has 1 nitrogen and oxygen atoms in total. The van der Waals surface area contributed by atoms with Gasteiger partial charge >= 0.3 is 0 Å². The highest BCUT2D eigenvalue weighted by atomic mass is 79.9. The fourth-order valence-corrected chi connectivity index (χ4v) is 1.98. The van der Waals surface area contributed by atoms with E-state index in [2.05, 4.69) is 28.1 Å². The average molecular weight is 255 g/mol. The SMILES string of the molecule is OC(Cc1ccc(Br)cc1)CC1CC1. The molecule has 1 fully saturated rings. The molecule has 14 heavy (non-hydrogen) atoms. The summed E-state index contributed by atoms with van der Waals surface area (Å²) in [6.07, 6.45) is 4.26. The molecule has 0 aliphatic heterocycles. The average Bonchev–Trinajstić information content (AvgIpc) is 2.93. The zero-order valence-corrected chi connectivity index (χ0v) is 9.70. The lowest BCUT2D eigenvalue weighted by molar-refractivity contribution is 0.158. The van der Waals surface area contributed by atoms with E-state index in [-0.39, 0.29) is 6.10 Å². The van der Waals surface area contributed by atoms with Crippen molar-refractivity contribution in [2.24, 2.45) is 5.92 Å². The van der Waals surface area contributed by atoms with Crippen LogP contribution in [-0.2, 0) is 6.42 Å². The third kappa shape index (κ3) is 3.10. The van der Waals surface area contributed by atoms with E-state index in [0.29, 0.717) is 0 Å². The summed E-state index contributed by atoms with van der Waals surface area (Å²) < 4.78 is 1.10. The normalized spacial score (nSPS) is 18.1. The Balaban J connectivity index is 1.85. The zero-order valence-electron chi connectivity index (χ0n) is 8.12. The second-order valence-corrected chi connectivity index (χ2v) is 5.08. The van der Waals surface area contributed by atoms with Crippen molar-refractivity contribution in [3.05, 3.63) is 34.3 Å². The Morgan fingerprint density at radius 1 is 1.29 bits per heavy atom. The molecule has 76 valence electrons. The Kier molecular flexibility index (Phi) is 3.24. The molecule has 1 aromatic carbocycles. The fraction of sp³-hybridized carbons (Fsp3) is 0.500. The van der Waals surface area contributed by atoms with E-state index < -0.39 is 0 Å². The molecule has 1 aliphatic carbocycles. The van der Waals surface area contributed by atoms with E-state index in [4.69, 9.17) is 0 Å². The Morgan fingerprint density at radius 3 is 2.50 bits per heavy atom. The predicted molar refractivity (Wildman–Crippen MR) is 61.2 cm³/mol. The standard InChI is InChI=1S/C12H15BrO/c13-11-5-3-10(4-6-11)8-12(14)7-9-1-2-9/h3-6,9,12,14H,1-2,7-8H2. The van der Waals surface area contributed by atoms with Gasteiger partial charge < -0.3 is 5.11 Å². The number of halogens is 1. The third-order valence-corrected chi connectivity index (χ3v) is 3.22. The highest BCUT2D eigenvalue weighted by Crippen LogP contribution is 2.34. The molecule has 1 N–H and O–H groups in total. The summed E-state index contributed by atoms with van der Waals surface area (Å²) in [7, 11) is 0. The summed E-state index contributed by atoms with van der Waals surface area (Å²) in [5.41, 5.74) is 1.22. The topological polar surface area (TPSA) is 20.2 Å². The van der Waals surface area contributed by atoms with E-state index >= 15 is 0 Å². The lowest BCUT2D eigenvalue weighted by atomic mass is 10.0. The van der Waals surface area contributed by atoms with E-state index in [1.54, 1.807) is 0 Å². The number of hydrogen-bond acceptors (Lipinski definition) is 1. The minimum Gasteiger partial charge on any atom is -0.393 e. The van der Waals surface area contributed by atoms with Crippen LogP contribution >= 0.6 is 15.9 Å². The molecule has 0 saturated heterocycles. The van der Waals surface area contributed by atoms with Crippen molar-refractivity contribution in [3.8, 4) is 0 Å². The number of rotatable bonds is 4. The van der Waals surface area contributed by atoms with Crippen molar-refractivity contribution in [3.63, 3.8) is 0 Å². The second kappa shape index (κ2) is 4.45. The summed E-state index contributed by atoms with van der Waals surface area (Å²) in [6.45, 7) is 0. The molecule has 0 amide bonds. The Morgan fingerprint density at radius 2 is 1.93 bits per heavy atom. The van der Waals surface area contributed by atoms with Gasteiger partial charge in [-0.1, -0.05) is 40.9 Å². The van der Waals surface area contributed by atoms with Gasteiger partial charge in [-0.15, -0.1) is 0 Å². The van der Waals surface area contributed by atoms with Gasteiger partial charge in [0.15, 0.2) is 0 Å². The molecule has 2 rings (SSSR count). The van der Waals surface area contributed by atoms with Gasteiger partial charge in [0.05, 0.1) is 6.10 Å². The quantitative estimate of drug-likeness (QED) is 0.876. The molecule has 1 aromatic rings. The lowest BCUT2D eigenvalue weighted by Crippen LogP contribution is -2.10. The molecule has 1 unspecified atom stereocenters. The Bertz CT molecular complexity index is 290. The molecule has 0 radical (unpaired) electrons. The summed E-state index contributed by atoms with van der Waals surface area (Å²) in [6, 6.07) is 8.19. The minimum absolute atomic E-state index is 0.149. The van der Waals surface area contributed by atoms with Gasteiger partial charge in [0, 0.05) is 4.47 Å². The van der Waals surface area contributed by atoms with Crippen LogP contribution in [-0.4, -0.2) is 11.2 Å². The number of aliphatic hydroxyl groups is 1. The maximum absolute atomic E-state index is 9.77. The van der Waals surface area contributed by atoms with Crippen LogP contribution in [0.15, 0.2) is 28.7 Å². The number of benzene rings is 1. The Hall–Kier alpha value is -0.340. The van der Waals surface area contributed by atoms with Crippen LogP contribution in [0.1, 0.15) is 24.8 Å². The van der Waals surface area contributed by atoms with Gasteiger partial charge in [-0.2, -0.15) is 0 Å². The van der Waals surface area contributed by atoms with Crippen molar-refractivity contribution in [2.75, 3.05) is 0 Å². The summed E-state index contributed by atoms with van der Waals surface area (Å²) in [4.78, 5) is 0. The summed E-state index contributed by atoms with van der Waals surface area (Å²) in [5.74, 6) is 0.806. The maximum Gasteiger partial charge on any atom is 0.0583 e. The van der Waals surface area contributed by atoms with E-state index in [9.17, 15) is 5.11 Å². The van der Waals surface area contributed by atoms with Crippen LogP contribution in [0, 0.1) is 5.92 Å². The molecule has 2 heteroatoms. The molecular weight excluding hydrogens is 240 g/mol. The number of aliphatic hydroxyl groups excluding tert-OH is 1. The predicted octanol–water partition coefficient (Wildman–Crippen LogP) is 3.15. The van der Waals surface area contributed by atoms with Crippen molar-refractivity contribution >= 4 is 15.9 Å². The van der Waals surface area contributed by atoms with Crippen LogP contribution in [0.2, 0.25) is 0 Å².